The van der Waals surface area contributed by atoms with Crippen LogP contribution in [0.3, 0.4) is 0 Å². The van der Waals surface area contributed by atoms with Gasteiger partial charge in [0.15, 0.2) is 11.5 Å². The molecule has 268 valence electrons. The number of carbonyl (C=O) groups is 1. The third-order valence-corrected chi connectivity index (χ3v) is 10.4. The highest BCUT2D eigenvalue weighted by molar-refractivity contribution is 6.42. The van der Waals surface area contributed by atoms with Crippen LogP contribution in [0.25, 0.3) is 11.0 Å². The first-order valence-electron chi connectivity index (χ1n) is 17.1. The van der Waals surface area contributed by atoms with Gasteiger partial charge in [0.25, 0.3) is 5.91 Å². The average Bonchev–Trinajstić information content (AvgIpc) is 3.50. The maximum Gasteiger partial charge on any atom is 0.253 e. The number of para-hydroxylation sites is 2. The fraction of sp³-hybridized carbons (Fsp3) is 0.359. The predicted octanol–water partition coefficient (Wildman–Crippen LogP) is 7.63. The van der Waals surface area contributed by atoms with E-state index < -0.39 is 0 Å². The summed E-state index contributed by atoms with van der Waals surface area (Å²) in [6.45, 7) is 3.99. The van der Waals surface area contributed by atoms with Crippen LogP contribution in [0.1, 0.15) is 46.7 Å². The number of likely N-dealkylation sites (tertiary alicyclic amines) is 1. The highest BCUT2D eigenvalue weighted by Gasteiger charge is 2.26. The lowest BCUT2D eigenvalue weighted by Crippen LogP contribution is -2.40. The lowest BCUT2D eigenvalue weighted by Gasteiger charge is -2.34. The Labute approximate surface area is 309 Å². The molecule has 6 rings (SSSR count). The van der Waals surface area contributed by atoms with Crippen LogP contribution in [0.2, 0.25) is 10.0 Å². The van der Waals surface area contributed by atoms with Crippen LogP contribution < -0.4 is 19.5 Å². The molecule has 1 fully saturated rings. The van der Waals surface area contributed by atoms with E-state index in [2.05, 4.69) is 38.0 Å². The SMILES string of the molecule is COc1cc(C(=O)N(C)CC(CCN2CCC(Nc3nc4ccccc4n3Cc3ccncc3)CC2)c2ccc(Cl)c(Cl)c2)cc(OC)c1OC. The molecule has 0 saturated carbocycles. The Kier molecular flexibility index (Phi) is 11.9. The highest BCUT2D eigenvalue weighted by Crippen LogP contribution is 2.39. The summed E-state index contributed by atoms with van der Waals surface area (Å²) >= 11 is 12.8. The molecule has 51 heavy (non-hydrogen) atoms. The van der Waals surface area contributed by atoms with Gasteiger partial charge in [0.2, 0.25) is 11.7 Å². The average molecular weight is 732 g/mol. The maximum atomic E-state index is 13.7. The zero-order chi connectivity index (χ0) is 35.9. The molecule has 1 unspecified atom stereocenters. The van der Waals surface area contributed by atoms with Gasteiger partial charge in [0.1, 0.15) is 0 Å². The maximum absolute atomic E-state index is 13.7. The van der Waals surface area contributed by atoms with Crippen molar-refractivity contribution >= 4 is 46.1 Å². The summed E-state index contributed by atoms with van der Waals surface area (Å²) in [5, 5.41) is 4.78. The van der Waals surface area contributed by atoms with E-state index in [0.29, 0.717) is 45.4 Å². The van der Waals surface area contributed by atoms with Crippen molar-refractivity contribution in [2.45, 2.75) is 37.8 Å². The Morgan fingerprint density at radius 3 is 2.31 bits per heavy atom. The summed E-state index contributed by atoms with van der Waals surface area (Å²) in [5.74, 6) is 2.07. The molecule has 1 aliphatic rings. The van der Waals surface area contributed by atoms with Gasteiger partial charge in [0, 0.05) is 56.6 Å². The third-order valence-electron chi connectivity index (χ3n) is 9.63. The topological polar surface area (TPSA) is 94.0 Å². The van der Waals surface area contributed by atoms with Gasteiger partial charge in [-0.05, 0) is 85.5 Å². The molecular weight excluding hydrogens is 687 g/mol. The second kappa shape index (κ2) is 16.7. The van der Waals surface area contributed by atoms with Crippen molar-refractivity contribution in [1.29, 1.82) is 0 Å². The number of likely N-dealkylation sites (N-methyl/N-ethyl adjacent to an activating group) is 1. The van der Waals surface area contributed by atoms with Crippen LogP contribution in [0.4, 0.5) is 5.95 Å². The number of ether oxygens (including phenoxy) is 3. The number of nitrogens with one attached hydrogen (secondary N) is 1. The largest absolute Gasteiger partial charge is 0.493 e. The number of anilines is 1. The van der Waals surface area contributed by atoms with Crippen molar-refractivity contribution in [3.63, 3.8) is 0 Å². The Morgan fingerprint density at radius 1 is 0.941 bits per heavy atom. The highest BCUT2D eigenvalue weighted by atomic mass is 35.5. The van der Waals surface area contributed by atoms with Crippen molar-refractivity contribution in [3.8, 4) is 17.2 Å². The van der Waals surface area contributed by atoms with Gasteiger partial charge < -0.3 is 33.9 Å². The quantitative estimate of drug-likeness (QED) is 0.125. The van der Waals surface area contributed by atoms with Gasteiger partial charge in [-0.15, -0.1) is 0 Å². The lowest BCUT2D eigenvalue weighted by molar-refractivity contribution is 0.0781. The van der Waals surface area contributed by atoms with E-state index in [9.17, 15) is 4.79 Å². The summed E-state index contributed by atoms with van der Waals surface area (Å²) in [6.07, 6.45) is 6.49. The van der Waals surface area contributed by atoms with Crippen molar-refractivity contribution in [2.75, 3.05) is 59.9 Å². The zero-order valence-electron chi connectivity index (χ0n) is 29.4. The molecule has 1 aliphatic heterocycles. The van der Waals surface area contributed by atoms with Crippen molar-refractivity contribution in [3.05, 3.63) is 106 Å². The molecule has 12 heteroatoms. The summed E-state index contributed by atoms with van der Waals surface area (Å²) in [6, 6.07) is 21.8. The van der Waals surface area contributed by atoms with Crippen LogP contribution >= 0.6 is 23.2 Å². The first-order valence-corrected chi connectivity index (χ1v) is 17.9. The predicted molar refractivity (Wildman–Crippen MR) is 203 cm³/mol. The van der Waals surface area contributed by atoms with E-state index in [1.54, 1.807) is 17.0 Å². The monoisotopic (exact) mass is 730 g/mol. The summed E-state index contributed by atoms with van der Waals surface area (Å²) < 4.78 is 18.7. The molecule has 0 bridgehead atoms. The molecule has 3 aromatic carbocycles. The minimum atomic E-state index is -0.152. The fourth-order valence-electron chi connectivity index (χ4n) is 6.81. The number of nitrogens with zero attached hydrogens (tertiary/aromatic N) is 5. The molecular formula is C39H44Cl2N6O4. The van der Waals surface area contributed by atoms with Crippen LogP contribution in [0, 0.1) is 0 Å². The summed E-state index contributed by atoms with van der Waals surface area (Å²) in [4.78, 5) is 27.1. The van der Waals surface area contributed by atoms with Crippen LogP contribution in [0.15, 0.2) is 79.1 Å². The number of methoxy groups -OCH3 is 3. The van der Waals surface area contributed by atoms with Gasteiger partial charge in [-0.2, -0.15) is 0 Å². The Balaban J connectivity index is 1.11. The molecule has 5 aromatic rings. The summed E-state index contributed by atoms with van der Waals surface area (Å²) in [7, 11) is 6.43. The number of halogens is 2. The zero-order valence-corrected chi connectivity index (χ0v) is 31.0. The van der Waals surface area contributed by atoms with E-state index in [1.807, 2.05) is 55.8 Å². The second-order valence-electron chi connectivity index (χ2n) is 12.9. The first-order chi connectivity index (χ1) is 24.8. The van der Waals surface area contributed by atoms with Crippen LogP contribution in [-0.2, 0) is 6.54 Å². The second-order valence-corrected chi connectivity index (χ2v) is 13.7. The van der Waals surface area contributed by atoms with Gasteiger partial charge in [0.05, 0.1) is 49.0 Å². The van der Waals surface area contributed by atoms with Crippen molar-refractivity contribution < 1.29 is 19.0 Å². The molecule has 0 aliphatic carbocycles. The number of hydrogen-bond acceptors (Lipinski definition) is 8. The van der Waals surface area contributed by atoms with Crippen molar-refractivity contribution in [2.24, 2.45) is 0 Å². The molecule has 0 radical (unpaired) electrons. The summed E-state index contributed by atoms with van der Waals surface area (Å²) in [5.41, 5.74) is 4.76. The van der Waals surface area contributed by atoms with E-state index in [-0.39, 0.29) is 11.8 Å². The number of fused-ring (bicyclic) bond motifs is 1. The normalized spacial score (nSPS) is 14.3. The first kappa shape index (κ1) is 36.3. The van der Waals surface area contributed by atoms with E-state index >= 15 is 0 Å². The number of pyridine rings is 1. The van der Waals surface area contributed by atoms with Crippen molar-refractivity contribution in [1.82, 2.24) is 24.3 Å². The standard InChI is InChI=1S/C39H44Cl2N6O4/c1-45(38(48)29-22-35(49-2)37(51-4)36(23-29)50-3)25-28(27-9-10-31(40)32(41)21-27)13-18-46-19-14-30(15-20-46)43-39-44-33-7-5-6-8-34(33)47(39)24-26-11-16-42-17-12-26/h5-12,16-17,21-23,28,30H,13-15,18-20,24-25H2,1-4H3,(H,43,44). The van der Waals surface area contributed by atoms with Gasteiger partial charge in [-0.3, -0.25) is 9.78 Å². The number of hydrogen-bond donors (Lipinski definition) is 1. The smallest absolute Gasteiger partial charge is 0.253 e. The van der Waals surface area contributed by atoms with E-state index in [1.165, 1.54) is 26.9 Å². The van der Waals surface area contributed by atoms with Gasteiger partial charge in [-0.25, -0.2) is 4.98 Å². The number of carbonyl (C=O) groups excluding carboxylic acids is 1. The minimum absolute atomic E-state index is 0.0275. The minimum Gasteiger partial charge on any atom is -0.493 e. The Morgan fingerprint density at radius 2 is 1.65 bits per heavy atom. The molecule has 3 heterocycles. The van der Waals surface area contributed by atoms with Gasteiger partial charge >= 0.3 is 0 Å². The molecule has 1 atom stereocenters. The molecule has 1 N–H and O–H groups in total. The molecule has 1 amide bonds. The molecule has 1 saturated heterocycles. The number of imidazole rings is 1. The Hall–Kier alpha value is -4.51. The number of benzene rings is 3. The Bertz CT molecular complexity index is 1920. The number of aromatic nitrogens is 3. The van der Waals surface area contributed by atoms with E-state index in [0.717, 1.165) is 68.0 Å². The number of amides is 1. The lowest BCUT2D eigenvalue weighted by atomic mass is 9.94. The fourth-order valence-corrected chi connectivity index (χ4v) is 7.11. The van der Waals surface area contributed by atoms with Gasteiger partial charge in [-0.1, -0.05) is 41.4 Å². The molecule has 2 aromatic heterocycles. The number of piperidine rings is 1. The molecule has 10 nitrogen and oxygen atoms in total. The van der Waals surface area contributed by atoms with Crippen LogP contribution in [-0.4, -0.2) is 90.8 Å². The third kappa shape index (κ3) is 8.52. The van der Waals surface area contributed by atoms with Crippen LogP contribution in [0.5, 0.6) is 17.2 Å². The number of rotatable bonds is 14. The van der Waals surface area contributed by atoms with E-state index in [4.69, 9.17) is 42.4 Å². The molecule has 0 spiro atoms.